The van der Waals surface area contributed by atoms with Crippen molar-refractivity contribution in [2.75, 3.05) is 11.9 Å². The predicted molar refractivity (Wildman–Crippen MR) is 66.7 cm³/mol. The number of nitrogens with one attached hydrogen (secondary N) is 1. The van der Waals surface area contributed by atoms with E-state index < -0.39 is 0 Å². The monoisotopic (exact) mass is 255 g/mol. The van der Waals surface area contributed by atoms with E-state index in [9.17, 15) is 0 Å². The second-order valence-electron chi connectivity index (χ2n) is 3.78. The Hall–Kier alpha value is -0.500. The zero-order chi connectivity index (χ0) is 10.4. The number of hydrogen-bond donors (Lipinski definition) is 1. The van der Waals surface area contributed by atoms with Crippen LogP contribution in [0.25, 0.3) is 0 Å². The van der Waals surface area contributed by atoms with Crippen molar-refractivity contribution in [2.45, 2.75) is 26.7 Å². The largest absolute Gasteiger partial charge is 0.385 e. The summed E-state index contributed by atoms with van der Waals surface area (Å²) in [6.45, 7) is 5.58. The van der Waals surface area contributed by atoms with Gasteiger partial charge < -0.3 is 5.32 Å². The van der Waals surface area contributed by atoms with Crippen LogP contribution in [-0.2, 0) is 0 Å². The Morgan fingerprint density at radius 1 is 1.29 bits per heavy atom. The third kappa shape index (κ3) is 4.14. The van der Waals surface area contributed by atoms with E-state index in [2.05, 4.69) is 59.4 Å². The topological polar surface area (TPSA) is 12.0 Å². The fraction of sp³-hybridized carbons (Fsp3) is 0.500. The van der Waals surface area contributed by atoms with Crippen molar-refractivity contribution in [3.63, 3.8) is 0 Å². The highest BCUT2D eigenvalue weighted by Gasteiger charge is 1.99. The summed E-state index contributed by atoms with van der Waals surface area (Å²) in [5.74, 6) is 0.753. The van der Waals surface area contributed by atoms with Crippen LogP contribution in [0, 0.1) is 5.92 Å². The molecule has 0 amide bonds. The van der Waals surface area contributed by atoms with Gasteiger partial charge in [0.25, 0.3) is 0 Å². The quantitative estimate of drug-likeness (QED) is 0.828. The van der Waals surface area contributed by atoms with Crippen LogP contribution in [0.5, 0.6) is 0 Å². The Labute approximate surface area is 95.0 Å². The van der Waals surface area contributed by atoms with Crippen molar-refractivity contribution in [3.05, 3.63) is 28.7 Å². The highest BCUT2D eigenvalue weighted by atomic mass is 79.9. The van der Waals surface area contributed by atoms with Gasteiger partial charge >= 0.3 is 0 Å². The van der Waals surface area contributed by atoms with E-state index in [0.717, 1.165) is 16.9 Å². The molecule has 1 aromatic rings. The molecule has 1 rings (SSSR count). The van der Waals surface area contributed by atoms with Gasteiger partial charge in [-0.2, -0.15) is 0 Å². The molecule has 1 aromatic carbocycles. The zero-order valence-corrected chi connectivity index (χ0v) is 10.5. The minimum absolute atomic E-state index is 0.753. The second kappa shape index (κ2) is 6.07. The van der Waals surface area contributed by atoms with Gasteiger partial charge in [0.1, 0.15) is 0 Å². The minimum Gasteiger partial charge on any atom is -0.385 e. The second-order valence-corrected chi connectivity index (χ2v) is 4.70. The van der Waals surface area contributed by atoms with Crippen LogP contribution in [-0.4, -0.2) is 6.54 Å². The first-order valence-corrected chi connectivity index (χ1v) is 6.01. The number of hydrogen-bond acceptors (Lipinski definition) is 1. The Morgan fingerprint density at radius 3 is 2.50 bits per heavy atom. The highest BCUT2D eigenvalue weighted by molar-refractivity contribution is 9.10. The lowest BCUT2D eigenvalue weighted by Crippen LogP contribution is -2.10. The van der Waals surface area contributed by atoms with Gasteiger partial charge in [-0.05, 0) is 36.6 Å². The molecule has 78 valence electrons. The summed E-state index contributed by atoms with van der Waals surface area (Å²) in [6.07, 6.45) is 2.56. The van der Waals surface area contributed by atoms with Gasteiger partial charge in [-0.3, -0.25) is 0 Å². The number of halogens is 1. The molecule has 0 heterocycles. The fourth-order valence-corrected chi connectivity index (χ4v) is 1.72. The highest BCUT2D eigenvalue weighted by Crippen LogP contribution is 2.15. The maximum atomic E-state index is 3.44. The minimum atomic E-state index is 0.753. The summed E-state index contributed by atoms with van der Waals surface area (Å²) in [5.41, 5.74) is 1.20. The van der Waals surface area contributed by atoms with Crippen LogP contribution < -0.4 is 5.32 Å². The van der Waals surface area contributed by atoms with Gasteiger partial charge in [0.2, 0.25) is 0 Å². The maximum absolute atomic E-state index is 3.44. The number of anilines is 1. The third-order valence-corrected chi connectivity index (χ3v) is 2.81. The van der Waals surface area contributed by atoms with Crippen LogP contribution in [0.3, 0.4) is 0 Å². The van der Waals surface area contributed by atoms with Crippen molar-refractivity contribution in [1.82, 2.24) is 0 Å². The van der Waals surface area contributed by atoms with Crippen molar-refractivity contribution in [2.24, 2.45) is 5.92 Å². The van der Waals surface area contributed by atoms with Crippen LogP contribution in [0.1, 0.15) is 26.7 Å². The molecule has 14 heavy (non-hydrogen) atoms. The standard InChI is InChI=1S/C12H18BrN/c1-3-4-10(2)9-14-12-7-5-11(13)6-8-12/h5-8,10,14H,3-4,9H2,1-2H3. The molecule has 0 fully saturated rings. The maximum Gasteiger partial charge on any atom is 0.0341 e. The Kier molecular flexibility index (Phi) is 5.02. The Balaban J connectivity index is 2.34. The molecule has 0 aliphatic rings. The molecule has 1 atom stereocenters. The SMILES string of the molecule is CCCC(C)CNc1ccc(Br)cc1. The molecule has 0 saturated carbocycles. The van der Waals surface area contributed by atoms with E-state index in [1.165, 1.54) is 18.5 Å². The number of benzene rings is 1. The molecule has 0 aliphatic carbocycles. The Bertz CT molecular complexity index is 256. The summed E-state index contributed by atoms with van der Waals surface area (Å²) in [4.78, 5) is 0. The zero-order valence-electron chi connectivity index (χ0n) is 8.89. The lowest BCUT2D eigenvalue weighted by Gasteiger charge is -2.12. The molecule has 1 nitrogen and oxygen atoms in total. The van der Waals surface area contributed by atoms with E-state index in [4.69, 9.17) is 0 Å². The van der Waals surface area contributed by atoms with E-state index >= 15 is 0 Å². The fourth-order valence-electron chi connectivity index (χ4n) is 1.45. The summed E-state index contributed by atoms with van der Waals surface area (Å²) in [6, 6.07) is 8.32. The molecule has 1 unspecified atom stereocenters. The molecule has 0 spiro atoms. The van der Waals surface area contributed by atoms with Crippen LogP contribution >= 0.6 is 15.9 Å². The molecule has 0 saturated heterocycles. The van der Waals surface area contributed by atoms with Gasteiger partial charge in [0.05, 0.1) is 0 Å². The normalized spacial score (nSPS) is 12.5. The Morgan fingerprint density at radius 2 is 1.93 bits per heavy atom. The average molecular weight is 256 g/mol. The molecular formula is C12H18BrN. The van der Waals surface area contributed by atoms with Crippen molar-refractivity contribution in [3.8, 4) is 0 Å². The van der Waals surface area contributed by atoms with E-state index in [-0.39, 0.29) is 0 Å². The van der Waals surface area contributed by atoms with Gasteiger partial charge in [0, 0.05) is 16.7 Å². The molecule has 1 N–H and O–H groups in total. The first-order valence-electron chi connectivity index (χ1n) is 5.21. The molecule has 2 heteroatoms. The molecule has 0 aromatic heterocycles. The summed E-state index contributed by atoms with van der Waals surface area (Å²) >= 11 is 3.42. The van der Waals surface area contributed by atoms with Crippen LogP contribution in [0.4, 0.5) is 5.69 Å². The van der Waals surface area contributed by atoms with Gasteiger partial charge in [0.15, 0.2) is 0 Å². The first kappa shape index (κ1) is 11.6. The summed E-state index contributed by atoms with van der Waals surface area (Å²) < 4.78 is 1.13. The molecule has 0 bridgehead atoms. The third-order valence-electron chi connectivity index (χ3n) is 2.28. The summed E-state index contributed by atoms with van der Waals surface area (Å²) in [5, 5.41) is 3.44. The summed E-state index contributed by atoms with van der Waals surface area (Å²) in [7, 11) is 0. The molecular weight excluding hydrogens is 238 g/mol. The van der Waals surface area contributed by atoms with Gasteiger partial charge in [-0.15, -0.1) is 0 Å². The van der Waals surface area contributed by atoms with Crippen molar-refractivity contribution < 1.29 is 0 Å². The molecule has 0 radical (unpaired) electrons. The van der Waals surface area contributed by atoms with E-state index in [1.54, 1.807) is 0 Å². The van der Waals surface area contributed by atoms with Gasteiger partial charge in [-0.25, -0.2) is 0 Å². The average Bonchev–Trinajstić information content (AvgIpc) is 2.17. The predicted octanol–water partition coefficient (Wildman–Crippen LogP) is 4.30. The van der Waals surface area contributed by atoms with Gasteiger partial charge in [-0.1, -0.05) is 36.2 Å². The van der Waals surface area contributed by atoms with Crippen molar-refractivity contribution in [1.29, 1.82) is 0 Å². The smallest absolute Gasteiger partial charge is 0.0341 e. The lowest BCUT2D eigenvalue weighted by molar-refractivity contribution is 0.551. The van der Waals surface area contributed by atoms with E-state index in [1.807, 2.05) is 0 Å². The lowest BCUT2D eigenvalue weighted by atomic mass is 10.1. The van der Waals surface area contributed by atoms with E-state index in [0.29, 0.717) is 0 Å². The first-order chi connectivity index (χ1) is 6.72. The number of rotatable bonds is 5. The molecule has 0 aliphatic heterocycles. The van der Waals surface area contributed by atoms with Crippen LogP contribution in [0.15, 0.2) is 28.7 Å². The van der Waals surface area contributed by atoms with Crippen molar-refractivity contribution >= 4 is 21.6 Å². The van der Waals surface area contributed by atoms with Crippen LogP contribution in [0.2, 0.25) is 0 Å².